The van der Waals surface area contributed by atoms with E-state index in [4.69, 9.17) is 0 Å². The molecule has 1 heterocycles. The number of aromatic nitrogens is 1. The summed E-state index contributed by atoms with van der Waals surface area (Å²) in [6, 6.07) is 18.1. The predicted molar refractivity (Wildman–Crippen MR) is 119 cm³/mol. The van der Waals surface area contributed by atoms with Crippen LogP contribution in [0.2, 0.25) is 0 Å². The quantitative estimate of drug-likeness (QED) is 0.427. The van der Waals surface area contributed by atoms with Crippen LogP contribution in [0.15, 0.2) is 82.7 Å². The highest BCUT2D eigenvalue weighted by Gasteiger charge is 2.30. The van der Waals surface area contributed by atoms with E-state index in [1.807, 2.05) is 37.3 Å². The van der Waals surface area contributed by atoms with Crippen molar-refractivity contribution in [2.24, 2.45) is 4.99 Å². The highest BCUT2D eigenvalue weighted by atomic mass is 19.4. The van der Waals surface area contributed by atoms with Gasteiger partial charge in [0.15, 0.2) is 5.96 Å². The summed E-state index contributed by atoms with van der Waals surface area (Å²) in [5, 5.41) is 6.29. The molecule has 0 radical (unpaired) electrons. The van der Waals surface area contributed by atoms with Gasteiger partial charge in [0.1, 0.15) is 0 Å². The Morgan fingerprint density at radius 1 is 0.938 bits per heavy atom. The second kappa shape index (κ2) is 10.7. The molecule has 3 aromatic rings. The number of hydrogen-bond acceptors (Lipinski definition) is 2. The number of rotatable bonds is 7. The van der Waals surface area contributed by atoms with Crippen LogP contribution < -0.4 is 16.2 Å². The maximum Gasteiger partial charge on any atom is 0.416 e. The van der Waals surface area contributed by atoms with Crippen LogP contribution in [-0.4, -0.2) is 17.1 Å². The first-order valence-electron chi connectivity index (χ1n) is 10.3. The first kappa shape index (κ1) is 23.1. The zero-order valence-corrected chi connectivity index (χ0v) is 17.7. The van der Waals surface area contributed by atoms with Gasteiger partial charge in [0.05, 0.1) is 18.7 Å². The van der Waals surface area contributed by atoms with Crippen LogP contribution in [0.4, 0.5) is 13.2 Å². The molecule has 0 saturated carbocycles. The van der Waals surface area contributed by atoms with E-state index >= 15 is 0 Å². The Bertz CT molecular complexity index is 1100. The summed E-state index contributed by atoms with van der Waals surface area (Å²) < 4.78 is 40.3. The highest BCUT2D eigenvalue weighted by Crippen LogP contribution is 2.29. The lowest BCUT2D eigenvalue weighted by Crippen LogP contribution is -2.36. The molecule has 32 heavy (non-hydrogen) atoms. The fourth-order valence-electron chi connectivity index (χ4n) is 3.09. The molecule has 0 aliphatic rings. The second-order valence-corrected chi connectivity index (χ2v) is 7.23. The molecule has 0 fully saturated rings. The lowest BCUT2D eigenvalue weighted by Gasteiger charge is -2.12. The van der Waals surface area contributed by atoms with E-state index < -0.39 is 11.7 Å². The molecule has 5 nitrogen and oxygen atoms in total. The van der Waals surface area contributed by atoms with E-state index in [1.165, 1.54) is 12.1 Å². The molecule has 0 bridgehead atoms. The number of aliphatic imine (C=N–C) groups is 1. The number of pyridine rings is 1. The minimum absolute atomic E-state index is 0.0505. The van der Waals surface area contributed by atoms with E-state index in [1.54, 1.807) is 22.9 Å². The summed E-state index contributed by atoms with van der Waals surface area (Å²) in [7, 11) is 0. The Kier molecular flexibility index (Phi) is 7.70. The molecular formula is C24H25F3N4O. The summed E-state index contributed by atoms with van der Waals surface area (Å²) in [5.74, 6) is 0.518. The topological polar surface area (TPSA) is 58.4 Å². The largest absolute Gasteiger partial charge is 0.416 e. The number of nitrogens with zero attached hydrogens (tertiary/aromatic N) is 2. The zero-order chi connectivity index (χ0) is 23.0. The molecule has 1 aromatic heterocycles. The number of hydrogen-bond donors (Lipinski definition) is 2. The van der Waals surface area contributed by atoms with Gasteiger partial charge < -0.3 is 15.2 Å². The normalized spacial score (nSPS) is 11.9. The molecule has 8 heteroatoms. The first-order valence-corrected chi connectivity index (χ1v) is 10.3. The Balaban J connectivity index is 1.60. The Morgan fingerprint density at radius 3 is 2.38 bits per heavy atom. The van der Waals surface area contributed by atoms with E-state index in [2.05, 4.69) is 15.6 Å². The number of benzene rings is 2. The number of alkyl halides is 3. The van der Waals surface area contributed by atoms with Crippen LogP contribution >= 0.6 is 0 Å². The van der Waals surface area contributed by atoms with Crippen molar-refractivity contribution in [3.8, 4) is 0 Å². The van der Waals surface area contributed by atoms with Gasteiger partial charge in [0.2, 0.25) is 0 Å². The van der Waals surface area contributed by atoms with E-state index in [9.17, 15) is 18.0 Å². The van der Waals surface area contributed by atoms with Gasteiger partial charge in [-0.3, -0.25) is 4.79 Å². The minimum Gasteiger partial charge on any atom is -0.357 e. The first-order chi connectivity index (χ1) is 15.3. The number of halogens is 3. The minimum atomic E-state index is -4.37. The van der Waals surface area contributed by atoms with Gasteiger partial charge in [-0.05, 0) is 41.8 Å². The third-order valence-corrected chi connectivity index (χ3v) is 4.75. The summed E-state index contributed by atoms with van der Waals surface area (Å²) >= 11 is 0. The van der Waals surface area contributed by atoms with Crippen LogP contribution in [0.5, 0.6) is 0 Å². The van der Waals surface area contributed by atoms with Crippen LogP contribution in [0, 0.1) is 0 Å². The van der Waals surface area contributed by atoms with E-state index in [0.717, 1.165) is 23.3 Å². The van der Waals surface area contributed by atoms with Crippen LogP contribution in [-0.2, 0) is 25.8 Å². The maximum absolute atomic E-state index is 12.9. The molecule has 0 unspecified atom stereocenters. The van der Waals surface area contributed by atoms with Crippen molar-refractivity contribution < 1.29 is 13.2 Å². The lowest BCUT2D eigenvalue weighted by atomic mass is 10.1. The van der Waals surface area contributed by atoms with Crippen molar-refractivity contribution in [2.45, 2.75) is 32.7 Å². The molecule has 0 saturated heterocycles. The number of guanidine groups is 1. The monoisotopic (exact) mass is 442 g/mol. The van der Waals surface area contributed by atoms with Gasteiger partial charge in [-0.2, -0.15) is 13.2 Å². The molecule has 0 aliphatic heterocycles. The van der Waals surface area contributed by atoms with E-state index in [-0.39, 0.29) is 12.1 Å². The number of nitrogens with one attached hydrogen (secondary N) is 2. The lowest BCUT2D eigenvalue weighted by molar-refractivity contribution is -0.137. The molecule has 0 atom stereocenters. The Labute approximate surface area is 184 Å². The van der Waals surface area contributed by atoms with Crippen LogP contribution in [0.1, 0.15) is 29.2 Å². The van der Waals surface area contributed by atoms with Crippen LogP contribution in [0.25, 0.3) is 0 Å². The Hall–Kier alpha value is -3.55. The van der Waals surface area contributed by atoms with Gasteiger partial charge in [0, 0.05) is 25.4 Å². The van der Waals surface area contributed by atoms with Crippen molar-refractivity contribution in [1.29, 1.82) is 0 Å². The molecule has 2 aromatic carbocycles. The zero-order valence-electron chi connectivity index (χ0n) is 17.7. The fraction of sp³-hybridized carbons (Fsp3) is 0.250. The molecule has 2 N–H and O–H groups in total. The SMILES string of the molecule is CCNC(=NCc1cccc(C(F)(F)F)c1)NCc1ccc(Cn2ccccc2=O)cc1. The third-order valence-electron chi connectivity index (χ3n) is 4.75. The van der Waals surface area contributed by atoms with Gasteiger partial charge >= 0.3 is 6.18 Å². The third kappa shape index (κ3) is 6.73. The molecule has 0 amide bonds. The predicted octanol–water partition coefficient (Wildman–Crippen LogP) is 4.17. The average molecular weight is 442 g/mol. The summed E-state index contributed by atoms with van der Waals surface area (Å²) in [6.07, 6.45) is -2.62. The van der Waals surface area contributed by atoms with Crippen LogP contribution in [0.3, 0.4) is 0 Å². The van der Waals surface area contributed by atoms with Gasteiger partial charge in [0.25, 0.3) is 5.56 Å². The highest BCUT2D eigenvalue weighted by molar-refractivity contribution is 5.79. The Morgan fingerprint density at radius 2 is 1.69 bits per heavy atom. The fourth-order valence-corrected chi connectivity index (χ4v) is 3.09. The van der Waals surface area contributed by atoms with Crippen molar-refractivity contribution in [2.75, 3.05) is 6.54 Å². The summed E-state index contributed by atoms with van der Waals surface area (Å²) in [5.41, 5.74) is 1.77. The maximum atomic E-state index is 12.9. The molecule has 0 aliphatic carbocycles. The average Bonchev–Trinajstić information content (AvgIpc) is 2.78. The van der Waals surface area contributed by atoms with Gasteiger partial charge in [-0.25, -0.2) is 4.99 Å². The standard InChI is InChI=1S/C24H25F3N4O/c1-2-28-23(30-16-20-6-5-7-21(14-20)24(25,26)27)29-15-18-9-11-19(12-10-18)17-31-13-4-3-8-22(31)32/h3-14H,2,15-17H2,1H3,(H2,28,29,30). The molecular weight excluding hydrogens is 417 g/mol. The van der Waals surface area contributed by atoms with Crippen molar-refractivity contribution in [3.05, 3.63) is 106 Å². The van der Waals surface area contributed by atoms with Crippen molar-refractivity contribution in [1.82, 2.24) is 15.2 Å². The molecule has 0 spiro atoms. The summed E-state index contributed by atoms with van der Waals surface area (Å²) in [6.45, 7) is 3.67. The van der Waals surface area contributed by atoms with Gasteiger partial charge in [-0.1, -0.05) is 42.5 Å². The molecule has 3 rings (SSSR count). The van der Waals surface area contributed by atoms with Crippen molar-refractivity contribution >= 4 is 5.96 Å². The van der Waals surface area contributed by atoms with Gasteiger partial charge in [-0.15, -0.1) is 0 Å². The summed E-state index contributed by atoms with van der Waals surface area (Å²) in [4.78, 5) is 16.2. The van der Waals surface area contributed by atoms with E-state index in [0.29, 0.717) is 31.2 Å². The second-order valence-electron chi connectivity index (χ2n) is 7.23. The molecule has 168 valence electrons. The smallest absolute Gasteiger partial charge is 0.357 e. The van der Waals surface area contributed by atoms with Crippen molar-refractivity contribution in [3.63, 3.8) is 0 Å².